The Labute approximate surface area is 117 Å². The van der Waals surface area contributed by atoms with E-state index in [9.17, 15) is 9.90 Å². The summed E-state index contributed by atoms with van der Waals surface area (Å²) in [6.45, 7) is 1.81. The summed E-state index contributed by atoms with van der Waals surface area (Å²) in [4.78, 5) is 11.2. The highest BCUT2D eigenvalue weighted by Gasteiger charge is 2.22. The third kappa shape index (κ3) is 2.28. The largest absolute Gasteiger partial charge is 0.477 e. The van der Waals surface area contributed by atoms with Crippen LogP contribution in [0.4, 0.5) is 0 Å². The van der Waals surface area contributed by atoms with Crippen molar-refractivity contribution in [2.24, 2.45) is 0 Å². The Kier molecular flexibility index (Phi) is 3.73. The summed E-state index contributed by atoms with van der Waals surface area (Å²) in [6, 6.07) is 5.12. The van der Waals surface area contributed by atoms with Crippen molar-refractivity contribution in [2.45, 2.75) is 13.3 Å². The van der Waals surface area contributed by atoms with Crippen molar-refractivity contribution in [2.75, 3.05) is 0 Å². The van der Waals surface area contributed by atoms with E-state index in [0.29, 0.717) is 28.5 Å². The average Bonchev–Trinajstić information content (AvgIpc) is 2.76. The molecule has 0 unspecified atom stereocenters. The van der Waals surface area contributed by atoms with Gasteiger partial charge in [-0.15, -0.1) is 0 Å². The molecular formula is C12H9BrClNO3. The van der Waals surface area contributed by atoms with E-state index in [4.69, 9.17) is 16.1 Å². The number of aromatic nitrogens is 1. The van der Waals surface area contributed by atoms with Crippen LogP contribution >= 0.6 is 27.5 Å². The molecule has 0 saturated carbocycles. The van der Waals surface area contributed by atoms with Gasteiger partial charge >= 0.3 is 5.97 Å². The molecule has 1 aromatic carbocycles. The summed E-state index contributed by atoms with van der Waals surface area (Å²) in [5, 5.41) is 13.5. The molecule has 1 heterocycles. The highest BCUT2D eigenvalue weighted by Crippen LogP contribution is 2.31. The van der Waals surface area contributed by atoms with Gasteiger partial charge < -0.3 is 9.63 Å². The lowest BCUT2D eigenvalue weighted by molar-refractivity contribution is 0.0695. The Morgan fingerprint density at radius 1 is 1.56 bits per heavy atom. The lowest BCUT2D eigenvalue weighted by atomic mass is 10.1. The molecule has 0 radical (unpaired) electrons. The van der Waals surface area contributed by atoms with Crippen molar-refractivity contribution in [3.05, 3.63) is 39.0 Å². The lowest BCUT2D eigenvalue weighted by Gasteiger charge is -2.01. The number of nitrogens with zero attached hydrogens (tertiary/aromatic N) is 1. The number of carboxylic acids is 1. The molecule has 0 spiro atoms. The lowest BCUT2D eigenvalue weighted by Crippen LogP contribution is -2.00. The summed E-state index contributed by atoms with van der Waals surface area (Å²) in [5.41, 5.74) is 1.01. The maximum absolute atomic E-state index is 11.2. The number of benzene rings is 1. The molecule has 1 N–H and O–H groups in total. The summed E-state index contributed by atoms with van der Waals surface area (Å²) in [6.07, 6.45) is 0.471. The summed E-state index contributed by atoms with van der Waals surface area (Å²) < 4.78 is 5.78. The van der Waals surface area contributed by atoms with Crippen molar-refractivity contribution in [1.29, 1.82) is 0 Å². The number of carboxylic acid groups (broad SMARTS) is 1. The van der Waals surface area contributed by atoms with E-state index in [-0.39, 0.29) is 5.56 Å². The van der Waals surface area contributed by atoms with Crippen molar-refractivity contribution in [1.82, 2.24) is 5.16 Å². The van der Waals surface area contributed by atoms with E-state index < -0.39 is 5.97 Å². The van der Waals surface area contributed by atoms with Crippen LogP contribution in [0, 0.1) is 0 Å². The van der Waals surface area contributed by atoms with Crippen molar-refractivity contribution in [3.63, 3.8) is 0 Å². The van der Waals surface area contributed by atoms with Gasteiger partial charge in [-0.05, 0) is 28.1 Å². The second-order valence-electron chi connectivity index (χ2n) is 3.62. The van der Waals surface area contributed by atoms with Crippen LogP contribution in [0.3, 0.4) is 0 Å². The van der Waals surface area contributed by atoms with E-state index in [1.54, 1.807) is 18.2 Å². The minimum absolute atomic E-state index is 0.0934. The molecule has 2 aromatic rings. The fraction of sp³-hybridized carbons (Fsp3) is 0.167. The molecule has 0 bridgehead atoms. The molecule has 0 amide bonds. The molecule has 6 heteroatoms. The highest BCUT2D eigenvalue weighted by molar-refractivity contribution is 9.10. The fourth-order valence-electron chi connectivity index (χ4n) is 1.63. The summed E-state index contributed by atoms with van der Waals surface area (Å²) >= 11 is 9.26. The normalized spacial score (nSPS) is 10.6. The first kappa shape index (κ1) is 13.1. The molecule has 1 aromatic heterocycles. The van der Waals surface area contributed by atoms with Gasteiger partial charge in [0.15, 0.2) is 5.76 Å². The van der Waals surface area contributed by atoms with Crippen LogP contribution in [-0.4, -0.2) is 16.2 Å². The van der Waals surface area contributed by atoms with Crippen LogP contribution in [0.2, 0.25) is 5.02 Å². The number of halogens is 2. The topological polar surface area (TPSA) is 63.3 Å². The Bertz CT molecular complexity index is 609. The number of aryl methyl sites for hydroxylation is 1. The van der Waals surface area contributed by atoms with Crippen LogP contribution in [0.25, 0.3) is 11.3 Å². The van der Waals surface area contributed by atoms with Gasteiger partial charge in [0, 0.05) is 16.5 Å². The maximum atomic E-state index is 11.2. The molecule has 4 nitrogen and oxygen atoms in total. The SMILES string of the molecule is CCc1onc(-c2ccc(Br)c(Cl)c2)c1C(=O)O. The van der Waals surface area contributed by atoms with E-state index in [1.165, 1.54) is 0 Å². The van der Waals surface area contributed by atoms with Gasteiger partial charge in [-0.1, -0.05) is 29.7 Å². The van der Waals surface area contributed by atoms with E-state index in [1.807, 2.05) is 6.92 Å². The van der Waals surface area contributed by atoms with Crippen LogP contribution in [0.15, 0.2) is 27.2 Å². The standard InChI is InChI=1S/C12H9BrClNO3/c1-2-9-10(12(16)17)11(15-18-9)6-3-4-7(13)8(14)5-6/h3-5H,2H2,1H3,(H,16,17). The smallest absolute Gasteiger partial charge is 0.341 e. The number of rotatable bonds is 3. The van der Waals surface area contributed by atoms with Crippen molar-refractivity contribution < 1.29 is 14.4 Å². The third-order valence-corrected chi connectivity index (χ3v) is 3.72. The van der Waals surface area contributed by atoms with Crippen LogP contribution < -0.4 is 0 Å². The monoisotopic (exact) mass is 329 g/mol. The quantitative estimate of drug-likeness (QED) is 0.923. The first-order valence-corrected chi connectivity index (χ1v) is 6.39. The zero-order valence-electron chi connectivity index (χ0n) is 9.41. The number of aromatic carboxylic acids is 1. The van der Waals surface area contributed by atoms with E-state index in [2.05, 4.69) is 21.1 Å². The minimum Gasteiger partial charge on any atom is -0.477 e. The second kappa shape index (κ2) is 5.12. The van der Waals surface area contributed by atoms with Gasteiger partial charge in [-0.25, -0.2) is 4.79 Å². The Morgan fingerprint density at radius 2 is 2.28 bits per heavy atom. The molecule has 2 rings (SSSR count). The van der Waals surface area contributed by atoms with Crippen LogP contribution in [0.1, 0.15) is 23.0 Å². The van der Waals surface area contributed by atoms with Crippen LogP contribution in [-0.2, 0) is 6.42 Å². The minimum atomic E-state index is -1.05. The van der Waals surface area contributed by atoms with Gasteiger partial charge in [0.05, 0.1) is 5.02 Å². The van der Waals surface area contributed by atoms with Crippen molar-refractivity contribution >= 4 is 33.5 Å². The zero-order chi connectivity index (χ0) is 13.3. The van der Waals surface area contributed by atoms with Crippen molar-refractivity contribution in [3.8, 4) is 11.3 Å². The van der Waals surface area contributed by atoms with Crippen LogP contribution in [0.5, 0.6) is 0 Å². The first-order valence-electron chi connectivity index (χ1n) is 5.21. The van der Waals surface area contributed by atoms with Gasteiger partial charge in [0.1, 0.15) is 11.3 Å². The molecule has 94 valence electrons. The molecule has 0 fully saturated rings. The van der Waals surface area contributed by atoms with Gasteiger partial charge in [-0.2, -0.15) is 0 Å². The molecule has 0 aliphatic rings. The van der Waals surface area contributed by atoms with E-state index in [0.717, 1.165) is 4.47 Å². The predicted octanol–water partition coefficient (Wildman–Crippen LogP) is 4.02. The average molecular weight is 331 g/mol. The molecule has 18 heavy (non-hydrogen) atoms. The second-order valence-corrected chi connectivity index (χ2v) is 4.88. The predicted molar refractivity (Wildman–Crippen MR) is 71.0 cm³/mol. The first-order chi connectivity index (χ1) is 8.54. The molecular weight excluding hydrogens is 321 g/mol. The summed E-state index contributed by atoms with van der Waals surface area (Å²) in [7, 11) is 0. The number of hydrogen-bond acceptors (Lipinski definition) is 3. The zero-order valence-corrected chi connectivity index (χ0v) is 11.7. The molecule has 0 atom stereocenters. The highest BCUT2D eigenvalue weighted by atomic mass is 79.9. The number of carbonyl (C=O) groups is 1. The fourth-order valence-corrected chi connectivity index (χ4v) is 2.05. The molecule has 0 aliphatic carbocycles. The van der Waals surface area contributed by atoms with Gasteiger partial charge in [-0.3, -0.25) is 0 Å². The summed E-state index contributed by atoms with van der Waals surface area (Å²) in [5.74, 6) is -0.696. The Morgan fingerprint density at radius 3 is 2.83 bits per heavy atom. The van der Waals surface area contributed by atoms with E-state index >= 15 is 0 Å². The molecule has 0 saturated heterocycles. The van der Waals surface area contributed by atoms with Gasteiger partial charge in [0.2, 0.25) is 0 Å². The molecule has 0 aliphatic heterocycles. The Hall–Kier alpha value is -1.33. The Balaban J connectivity index is 2.60. The van der Waals surface area contributed by atoms with Gasteiger partial charge in [0.25, 0.3) is 0 Å². The maximum Gasteiger partial charge on any atom is 0.341 e. The third-order valence-electron chi connectivity index (χ3n) is 2.49. The number of hydrogen-bond donors (Lipinski definition) is 1.